The molecule has 31 heavy (non-hydrogen) atoms. The molecule has 1 fully saturated rings. The van der Waals surface area contributed by atoms with Crippen LogP contribution in [0.15, 0.2) is 42.9 Å². The van der Waals surface area contributed by atoms with Crippen molar-refractivity contribution in [2.75, 3.05) is 26.3 Å². The van der Waals surface area contributed by atoms with Crippen LogP contribution in [0.4, 0.5) is 0 Å². The first-order chi connectivity index (χ1) is 15.0. The van der Waals surface area contributed by atoms with Gasteiger partial charge in [-0.2, -0.15) is 0 Å². The molecule has 0 saturated carbocycles. The van der Waals surface area contributed by atoms with Crippen molar-refractivity contribution >= 4 is 17.7 Å². The third-order valence-corrected chi connectivity index (χ3v) is 5.23. The maximum Gasteiger partial charge on any atom is 0.252 e. The lowest BCUT2D eigenvalue weighted by atomic mass is 9.91. The van der Waals surface area contributed by atoms with Gasteiger partial charge >= 0.3 is 0 Å². The largest absolute Gasteiger partial charge is 0.382 e. The first-order valence-corrected chi connectivity index (χ1v) is 10.1. The molecule has 3 amide bonds. The Morgan fingerprint density at radius 1 is 1.19 bits per heavy atom. The van der Waals surface area contributed by atoms with Crippen molar-refractivity contribution in [3.63, 3.8) is 0 Å². The molecule has 1 aliphatic heterocycles. The highest BCUT2D eigenvalue weighted by Gasteiger charge is 2.36. The van der Waals surface area contributed by atoms with E-state index in [2.05, 4.69) is 15.3 Å². The molecule has 0 radical (unpaired) electrons. The lowest BCUT2D eigenvalue weighted by Gasteiger charge is -2.31. The molecule has 166 valence electrons. The van der Waals surface area contributed by atoms with Gasteiger partial charge in [0, 0.05) is 31.4 Å². The Labute approximate surface area is 179 Å². The van der Waals surface area contributed by atoms with Gasteiger partial charge < -0.3 is 30.8 Å². The van der Waals surface area contributed by atoms with E-state index in [0.29, 0.717) is 32.0 Å². The Kier molecular flexibility index (Phi) is 7.74. The number of ether oxygens (including phenoxy) is 1. The third-order valence-electron chi connectivity index (χ3n) is 5.23. The number of hydrogen-bond acceptors (Lipinski definition) is 6. The van der Waals surface area contributed by atoms with E-state index in [-0.39, 0.29) is 12.8 Å². The number of amides is 3. The van der Waals surface area contributed by atoms with Crippen LogP contribution in [0.25, 0.3) is 0 Å². The average Bonchev–Trinajstić information content (AvgIpc) is 3.30. The van der Waals surface area contributed by atoms with Gasteiger partial charge in [-0.25, -0.2) is 4.98 Å². The van der Waals surface area contributed by atoms with E-state index in [9.17, 15) is 19.5 Å². The Balaban J connectivity index is 1.77. The predicted octanol–water partition coefficient (Wildman–Crippen LogP) is -0.999. The number of nitrogens with two attached hydrogens (primary N) is 1. The van der Waals surface area contributed by atoms with Gasteiger partial charge in [0.05, 0.1) is 25.5 Å². The second kappa shape index (κ2) is 10.7. The second-order valence-corrected chi connectivity index (χ2v) is 7.42. The van der Waals surface area contributed by atoms with E-state index in [1.165, 1.54) is 17.4 Å². The van der Waals surface area contributed by atoms with E-state index in [0.717, 1.165) is 5.56 Å². The summed E-state index contributed by atoms with van der Waals surface area (Å²) in [6.45, 7) is 1.45. The molecule has 3 atom stereocenters. The SMILES string of the molecule is NC(=O)[C@H](Cc1cnc[nH]1)NC(=O)C(Cc1ccccc1)C(O)C(=O)N1CCOCC1. The van der Waals surface area contributed by atoms with Crippen molar-refractivity contribution in [1.29, 1.82) is 0 Å². The summed E-state index contributed by atoms with van der Waals surface area (Å²) < 4.78 is 5.25. The second-order valence-electron chi connectivity index (χ2n) is 7.42. The van der Waals surface area contributed by atoms with Crippen LogP contribution in [0.5, 0.6) is 0 Å². The number of aliphatic hydroxyl groups excluding tert-OH is 1. The summed E-state index contributed by atoms with van der Waals surface area (Å²) in [6.07, 6.45) is 1.66. The highest BCUT2D eigenvalue weighted by molar-refractivity contribution is 5.92. The number of nitrogens with one attached hydrogen (secondary N) is 2. The number of nitrogens with zero attached hydrogens (tertiary/aromatic N) is 2. The average molecular weight is 429 g/mol. The minimum absolute atomic E-state index is 0.118. The van der Waals surface area contributed by atoms with Crippen LogP contribution >= 0.6 is 0 Å². The van der Waals surface area contributed by atoms with Gasteiger partial charge in [-0.15, -0.1) is 0 Å². The molecule has 2 unspecified atom stereocenters. The fourth-order valence-corrected chi connectivity index (χ4v) is 3.48. The van der Waals surface area contributed by atoms with Crippen molar-refractivity contribution in [3.8, 4) is 0 Å². The van der Waals surface area contributed by atoms with E-state index in [1.54, 1.807) is 0 Å². The number of carbonyl (C=O) groups excluding carboxylic acids is 3. The van der Waals surface area contributed by atoms with Crippen LogP contribution < -0.4 is 11.1 Å². The molecular weight excluding hydrogens is 402 g/mol. The van der Waals surface area contributed by atoms with Gasteiger partial charge in [0.15, 0.2) is 0 Å². The van der Waals surface area contributed by atoms with Gasteiger partial charge in [-0.05, 0) is 12.0 Å². The summed E-state index contributed by atoms with van der Waals surface area (Å²) in [5.41, 5.74) is 6.87. The van der Waals surface area contributed by atoms with E-state index < -0.39 is 35.8 Å². The van der Waals surface area contributed by atoms with Gasteiger partial charge in [0.2, 0.25) is 11.8 Å². The topological polar surface area (TPSA) is 151 Å². The Hall–Kier alpha value is -3.24. The van der Waals surface area contributed by atoms with E-state index >= 15 is 0 Å². The highest BCUT2D eigenvalue weighted by atomic mass is 16.5. The maximum atomic E-state index is 13.1. The number of imidazole rings is 1. The molecule has 1 aromatic carbocycles. The van der Waals surface area contributed by atoms with Gasteiger partial charge in [0.25, 0.3) is 5.91 Å². The summed E-state index contributed by atoms with van der Waals surface area (Å²) in [7, 11) is 0. The molecule has 5 N–H and O–H groups in total. The molecule has 1 aromatic heterocycles. The first kappa shape index (κ1) is 22.4. The summed E-state index contributed by atoms with van der Waals surface area (Å²) >= 11 is 0. The third kappa shape index (κ3) is 6.12. The predicted molar refractivity (Wildman–Crippen MR) is 110 cm³/mol. The maximum absolute atomic E-state index is 13.1. The standard InChI is InChI=1S/C21H27N5O5/c22-19(28)17(11-15-12-23-13-24-15)25-20(29)16(10-14-4-2-1-3-5-14)18(27)21(30)26-6-8-31-9-7-26/h1-5,12-13,16-18,27H,6-11H2,(H2,22,28)(H,23,24)(H,25,29)/t16?,17-,18?/m0/s1. The van der Waals surface area contributed by atoms with Crippen LogP contribution in [0, 0.1) is 5.92 Å². The lowest BCUT2D eigenvalue weighted by molar-refractivity contribution is -0.151. The zero-order chi connectivity index (χ0) is 22.2. The molecule has 3 rings (SSSR count). The number of aromatic amines is 1. The van der Waals surface area contributed by atoms with Gasteiger partial charge in [-0.1, -0.05) is 30.3 Å². The molecule has 10 nitrogen and oxygen atoms in total. The van der Waals surface area contributed by atoms with Crippen molar-refractivity contribution in [1.82, 2.24) is 20.2 Å². The monoisotopic (exact) mass is 429 g/mol. The number of aliphatic hydroxyl groups is 1. The number of aromatic nitrogens is 2. The van der Waals surface area contributed by atoms with Crippen LogP contribution in [0.3, 0.4) is 0 Å². The van der Waals surface area contributed by atoms with Crippen molar-refractivity contribution in [3.05, 3.63) is 54.1 Å². The number of primary amides is 1. The molecule has 10 heteroatoms. The molecule has 0 bridgehead atoms. The number of morpholine rings is 1. The van der Waals surface area contributed by atoms with Crippen LogP contribution in [0.1, 0.15) is 11.3 Å². The lowest BCUT2D eigenvalue weighted by Crippen LogP contribution is -2.54. The van der Waals surface area contributed by atoms with Crippen molar-refractivity contribution in [2.45, 2.75) is 25.0 Å². The zero-order valence-electron chi connectivity index (χ0n) is 17.1. The summed E-state index contributed by atoms with van der Waals surface area (Å²) in [6, 6.07) is 8.05. The number of benzene rings is 1. The first-order valence-electron chi connectivity index (χ1n) is 10.1. The molecule has 0 aliphatic carbocycles. The van der Waals surface area contributed by atoms with E-state index in [4.69, 9.17) is 10.5 Å². The van der Waals surface area contributed by atoms with Crippen LogP contribution in [-0.4, -0.2) is 76.1 Å². The number of hydrogen-bond donors (Lipinski definition) is 4. The number of carbonyl (C=O) groups is 3. The Bertz CT molecular complexity index is 868. The van der Waals surface area contributed by atoms with Gasteiger partial charge in [-0.3, -0.25) is 14.4 Å². The molecule has 2 heterocycles. The normalized spacial score (nSPS) is 16.9. The fourth-order valence-electron chi connectivity index (χ4n) is 3.48. The summed E-state index contributed by atoms with van der Waals surface area (Å²) in [5.74, 6) is -2.98. The number of rotatable bonds is 9. The smallest absolute Gasteiger partial charge is 0.252 e. The fraction of sp³-hybridized carbons (Fsp3) is 0.429. The summed E-state index contributed by atoms with van der Waals surface area (Å²) in [5, 5.41) is 13.4. The van der Waals surface area contributed by atoms with E-state index in [1.807, 2.05) is 30.3 Å². The molecule has 0 spiro atoms. The minimum atomic E-state index is -1.57. The van der Waals surface area contributed by atoms with Crippen molar-refractivity contribution < 1.29 is 24.2 Å². The minimum Gasteiger partial charge on any atom is -0.382 e. The Morgan fingerprint density at radius 2 is 1.90 bits per heavy atom. The van der Waals surface area contributed by atoms with Crippen LogP contribution in [0.2, 0.25) is 0 Å². The van der Waals surface area contributed by atoms with Crippen LogP contribution in [-0.2, 0) is 32.0 Å². The molecule has 1 aliphatic rings. The highest BCUT2D eigenvalue weighted by Crippen LogP contribution is 2.17. The van der Waals surface area contributed by atoms with Gasteiger partial charge in [0.1, 0.15) is 12.1 Å². The molecular formula is C21H27N5O5. The Morgan fingerprint density at radius 3 is 2.52 bits per heavy atom. The summed E-state index contributed by atoms with van der Waals surface area (Å²) in [4.78, 5) is 46.1. The molecule has 1 saturated heterocycles. The quantitative estimate of drug-likeness (QED) is 0.401. The number of H-pyrrole nitrogens is 1. The van der Waals surface area contributed by atoms with Crippen molar-refractivity contribution in [2.24, 2.45) is 11.7 Å². The zero-order valence-corrected chi connectivity index (χ0v) is 17.1. The molecule has 2 aromatic rings.